The van der Waals surface area contributed by atoms with Crippen molar-refractivity contribution in [2.75, 3.05) is 4.90 Å². The van der Waals surface area contributed by atoms with Crippen LogP contribution in [-0.2, 0) is 9.59 Å². The average Bonchev–Trinajstić information content (AvgIpc) is 3.02. The second-order valence-electron chi connectivity index (χ2n) is 7.49. The molecule has 1 aliphatic rings. The summed E-state index contributed by atoms with van der Waals surface area (Å²) in [6.45, 7) is 3.61. The fourth-order valence-electron chi connectivity index (χ4n) is 3.84. The summed E-state index contributed by atoms with van der Waals surface area (Å²) in [6, 6.07) is 15.4. The first-order valence-corrected chi connectivity index (χ1v) is 9.68. The molecular weight excluding hydrogens is 400 g/mol. The normalized spacial score (nSPS) is 17.9. The maximum Gasteiger partial charge on any atom is 0.300 e. The average molecular weight is 419 g/mol. The maximum absolute atomic E-state index is 14.6. The number of benzene rings is 3. The lowest BCUT2D eigenvalue weighted by Gasteiger charge is -2.26. The van der Waals surface area contributed by atoms with Crippen molar-refractivity contribution in [3.8, 4) is 0 Å². The molecule has 1 N–H and O–H groups in total. The molecule has 0 aromatic heterocycles. The monoisotopic (exact) mass is 419 g/mol. The third-order valence-electron chi connectivity index (χ3n) is 5.38. The zero-order valence-corrected chi connectivity index (χ0v) is 16.9. The number of hydrogen-bond acceptors (Lipinski definition) is 3. The minimum absolute atomic E-state index is 0.173. The van der Waals surface area contributed by atoms with E-state index in [0.29, 0.717) is 16.7 Å². The topological polar surface area (TPSA) is 57.6 Å². The first-order chi connectivity index (χ1) is 14.8. The minimum atomic E-state index is -1.11. The molecular formula is C25H19F2NO3. The van der Waals surface area contributed by atoms with Crippen LogP contribution in [0.15, 0.2) is 72.3 Å². The summed E-state index contributed by atoms with van der Waals surface area (Å²) in [5, 5.41) is 11.1. The van der Waals surface area contributed by atoms with Gasteiger partial charge in [-0.1, -0.05) is 48.0 Å². The van der Waals surface area contributed by atoms with Crippen LogP contribution in [0.4, 0.5) is 14.5 Å². The van der Waals surface area contributed by atoms with Gasteiger partial charge >= 0.3 is 0 Å². The Labute approximate surface area is 178 Å². The molecule has 3 aromatic carbocycles. The van der Waals surface area contributed by atoms with Crippen molar-refractivity contribution in [1.82, 2.24) is 0 Å². The Hall–Kier alpha value is -3.80. The van der Waals surface area contributed by atoms with Gasteiger partial charge in [0.15, 0.2) is 0 Å². The van der Waals surface area contributed by atoms with Gasteiger partial charge in [0.25, 0.3) is 11.7 Å². The molecule has 6 heteroatoms. The number of aliphatic hydroxyl groups excluding tert-OH is 1. The van der Waals surface area contributed by atoms with Crippen molar-refractivity contribution in [2.45, 2.75) is 19.9 Å². The predicted octanol–water partition coefficient (Wildman–Crippen LogP) is 5.21. The van der Waals surface area contributed by atoms with Gasteiger partial charge in [0, 0.05) is 11.6 Å². The van der Waals surface area contributed by atoms with Gasteiger partial charge in [0.2, 0.25) is 0 Å². The Balaban J connectivity index is 2.01. The molecule has 4 rings (SSSR count). The van der Waals surface area contributed by atoms with E-state index in [1.807, 2.05) is 13.0 Å². The summed E-state index contributed by atoms with van der Waals surface area (Å²) in [5.41, 5.74) is 1.91. The molecule has 0 aliphatic carbocycles. The molecule has 0 bridgehead atoms. The van der Waals surface area contributed by atoms with Crippen LogP contribution >= 0.6 is 0 Å². The Kier molecular flexibility index (Phi) is 5.15. The third kappa shape index (κ3) is 3.50. The van der Waals surface area contributed by atoms with Crippen LogP contribution in [-0.4, -0.2) is 16.8 Å². The van der Waals surface area contributed by atoms with E-state index >= 15 is 0 Å². The highest BCUT2D eigenvalue weighted by atomic mass is 19.1. The Morgan fingerprint density at radius 1 is 0.935 bits per heavy atom. The van der Waals surface area contributed by atoms with Crippen molar-refractivity contribution in [2.24, 2.45) is 0 Å². The van der Waals surface area contributed by atoms with Crippen molar-refractivity contribution in [1.29, 1.82) is 0 Å². The van der Waals surface area contributed by atoms with Crippen LogP contribution in [0.3, 0.4) is 0 Å². The standard InChI is InChI=1S/C25H19F2NO3/c1-14-8-9-15(2)18(12-14)23(29)21-22(16-6-4-3-5-7-16)28(25(31)24(21)30)20-13-17(26)10-11-19(20)27/h3-13,22,29H,1-2H3/b23-21+. The highest BCUT2D eigenvalue weighted by Crippen LogP contribution is 2.43. The molecule has 4 nitrogen and oxygen atoms in total. The first-order valence-electron chi connectivity index (χ1n) is 9.68. The molecule has 1 aliphatic heterocycles. The fraction of sp³-hybridized carbons (Fsp3) is 0.120. The summed E-state index contributed by atoms with van der Waals surface area (Å²) in [5.74, 6) is -3.95. The minimum Gasteiger partial charge on any atom is -0.507 e. The number of carbonyl (C=O) groups excluding carboxylic acids is 2. The lowest BCUT2D eigenvalue weighted by Crippen LogP contribution is -2.30. The van der Waals surface area contributed by atoms with Gasteiger partial charge in [0.05, 0.1) is 17.3 Å². The number of Topliss-reactive ketones (excluding diaryl/α,β-unsaturated/α-hetero) is 1. The van der Waals surface area contributed by atoms with Gasteiger partial charge in [-0.3, -0.25) is 14.5 Å². The summed E-state index contributed by atoms with van der Waals surface area (Å²) >= 11 is 0. The molecule has 1 heterocycles. The third-order valence-corrected chi connectivity index (χ3v) is 5.38. The Bertz CT molecular complexity index is 1230. The van der Waals surface area contributed by atoms with Crippen LogP contribution in [0.2, 0.25) is 0 Å². The van der Waals surface area contributed by atoms with Crippen molar-refractivity contribution in [3.05, 3.63) is 106 Å². The number of carbonyl (C=O) groups is 2. The van der Waals surface area contributed by atoms with Gasteiger partial charge in [-0.2, -0.15) is 0 Å². The number of ketones is 1. The van der Waals surface area contributed by atoms with E-state index < -0.39 is 29.4 Å². The number of aliphatic hydroxyl groups is 1. The largest absolute Gasteiger partial charge is 0.507 e. The number of halogens is 2. The number of rotatable bonds is 3. The lowest BCUT2D eigenvalue weighted by atomic mass is 9.93. The lowest BCUT2D eigenvalue weighted by molar-refractivity contribution is -0.132. The van der Waals surface area contributed by atoms with Crippen LogP contribution in [0.25, 0.3) is 5.76 Å². The first kappa shape index (κ1) is 20.5. The molecule has 0 spiro atoms. The highest BCUT2D eigenvalue weighted by Gasteiger charge is 2.47. The van der Waals surface area contributed by atoms with E-state index in [1.165, 1.54) is 0 Å². The van der Waals surface area contributed by atoms with Crippen LogP contribution in [0.1, 0.15) is 28.3 Å². The predicted molar refractivity (Wildman–Crippen MR) is 113 cm³/mol. The van der Waals surface area contributed by atoms with E-state index in [-0.39, 0.29) is 17.0 Å². The number of nitrogens with zero attached hydrogens (tertiary/aromatic N) is 1. The molecule has 156 valence electrons. The van der Waals surface area contributed by atoms with E-state index in [1.54, 1.807) is 49.4 Å². The fourth-order valence-corrected chi connectivity index (χ4v) is 3.84. The van der Waals surface area contributed by atoms with Gasteiger partial charge < -0.3 is 5.11 Å². The molecule has 0 saturated carbocycles. The van der Waals surface area contributed by atoms with Gasteiger partial charge in [-0.05, 0) is 43.2 Å². The van der Waals surface area contributed by atoms with Gasteiger partial charge in [-0.15, -0.1) is 0 Å². The Morgan fingerprint density at radius 2 is 1.65 bits per heavy atom. The van der Waals surface area contributed by atoms with Crippen molar-refractivity contribution < 1.29 is 23.5 Å². The van der Waals surface area contributed by atoms with Gasteiger partial charge in [-0.25, -0.2) is 8.78 Å². The number of anilines is 1. The maximum atomic E-state index is 14.6. The molecule has 1 unspecified atom stereocenters. The summed E-state index contributed by atoms with van der Waals surface area (Å²) in [6.07, 6.45) is 0. The smallest absolute Gasteiger partial charge is 0.300 e. The van der Waals surface area contributed by atoms with Crippen LogP contribution in [0.5, 0.6) is 0 Å². The summed E-state index contributed by atoms with van der Waals surface area (Å²) in [7, 11) is 0. The molecule has 1 fully saturated rings. The number of aryl methyl sites for hydroxylation is 2. The highest BCUT2D eigenvalue weighted by molar-refractivity contribution is 6.51. The molecule has 31 heavy (non-hydrogen) atoms. The summed E-state index contributed by atoms with van der Waals surface area (Å²) < 4.78 is 28.6. The zero-order valence-electron chi connectivity index (χ0n) is 16.9. The van der Waals surface area contributed by atoms with E-state index in [2.05, 4.69) is 0 Å². The van der Waals surface area contributed by atoms with Crippen LogP contribution in [0, 0.1) is 25.5 Å². The van der Waals surface area contributed by atoms with Gasteiger partial charge in [0.1, 0.15) is 17.4 Å². The molecule has 3 aromatic rings. The second-order valence-corrected chi connectivity index (χ2v) is 7.49. The number of amides is 1. The molecule has 0 radical (unpaired) electrons. The molecule has 1 saturated heterocycles. The quantitative estimate of drug-likeness (QED) is 0.360. The zero-order chi connectivity index (χ0) is 22.3. The van der Waals surface area contributed by atoms with E-state index in [0.717, 1.165) is 28.7 Å². The molecule has 1 atom stereocenters. The SMILES string of the molecule is Cc1ccc(C)c(/C(O)=C2\C(=O)C(=O)N(c3cc(F)ccc3F)C2c2ccccc2)c1. The van der Waals surface area contributed by atoms with Crippen molar-refractivity contribution >= 4 is 23.1 Å². The molecule has 1 amide bonds. The number of hydrogen-bond donors (Lipinski definition) is 1. The van der Waals surface area contributed by atoms with Crippen molar-refractivity contribution in [3.63, 3.8) is 0 Å². The Morgan fingerprint density at radius 3 is 2.35 bits per heavy atom. The summed E-state index contributed by atoms with van der Waals surface area (Å²) in [4.78, 5) is 27.0. The van der Waals surface area contributed by atoms with E-state index in [4.69, 9.17) is 0 Å². The second kappa shape index (κ2) is 7.80. The van der Waals surface area contributed by atoms with E-state index in [9.17, 15) is 23.5 Å². The van der Waals surface area contributed by atoms with Crippen LogP contribution < -0.4 is 4.90 Å².